The van der Waals surface area contributed by atoms with E-state index in [1.807, 2.05) is 0 Å². The van der Waals surface area contributed by atoms with Gasteiger partial charge in [-0.1, -0.05) is 20.3 Å². The van der Waals surface area contributed by atoms with Crippen LogP contribution in [0.3, 0.4) is 0 Å². The van der Waals surface area contributed by atoms with Gasteiger partial charge in [0.2, 0.25) is 0 Å². The summed E-state index contributed by atoms with van der Waals surface area (Å²) in [7, 11) is 1.50. The first-order valence-corrected chi connectivity index (χ1v) is 9.23. The Morgan fingerprint density at radius 2 is 1.76 bits per heavy atom. The van der Waals surface area contributed by atoms with Crippen LogP contribution in [0.1, 0.15) is 65.2 Å². The lowest BCUT2D eigenvalue weighted by Gasteiger charge is -2.43. The van der Waals surface area contributed by atoms with Crippen molar-refractivity contribution >= 4 is 0 Å². The molecule has 1 aliphatic carbocycles. The third kappa shape index (κ3) is 6.66. The molecule has 0 bridgehead atoms. The molecular weight excluding hydrogens is 258 g/mol. The van der Waals surface area contributed by atoms with Gasteiger partial charge in [0, 0.05) is 0 Å². The molecule has 0 aromatic carbocycles. The lowest BCUT2D eigenvalue weighted by Crippen LogP contribution is -2.40. The van der Waals surface area contributed by atoms with E-state index in [-0.39, 0.29) is 0 Å². The van der Waals surface area contributed by atoms with Crippen molar-refractivity contribution in [2.24, 2.45) is 23.0 Å². The summed E-state index contributed by atoms with van der Waals surface area (Å²) in [4.78, 5) is 0. The Labute approximate surface area is 132 Å². The summed E-state index contributed by atoms with van der Waals surface area (Å²) < 4.78 is 0. The van der Waals surface area contributed by atoms with Gasteiger partial charge in [0.25, 0.3) is 0 Å². The molecule has 2 rings (SSSR count). The molecule has 3 heteroatoms. The Hall–Kier alpha value is -0.120. The molecule has 1 aliphatic heterocycles. The summed E-state index contributed by atoms with van der Waals surface area (Å²) in [6.45, 7) is 9.68. The Kier molecular flexibility index (Phi) is 9.54. The maximum atomic E-state index is 4.50. The molecule has 0 aromatic heterocycles. The van der Waals surface area contributed by atoms with Crippen molar-refractivity contribution in [3.63, 3.8) is 0 Å². The van der Waals surface area contributed by atoms with Gasteiger partial charge in [0.05, 0.1) is 0 Å². The van der Waals surface area contributed by atoms with Crippen molar-refractivity contribution < 1.29 is 0 Å². The predicted octanol–water partition coefficient (Wildman–Crippen LogP) is 3.15. The average Bonchev–Trinajstić information content (AvgIpc) is 2.56. The normalized spacial score (nSPS) is 23.4. The molecule has 126 valence electrons. The first-order valence-electron chi connectivity index (χ1n) is 9.23. The predicted molar refractivity (Wildman–Crippen MR) is 93.5 cm³/mol. The van der Waals surface area contributed by atoms with E-state index in [1.54, 1.807) is 0 Å². The zero-order valence-electron chi connectivity index (χ0n) is 14.7. The van der Waals surface area contributed by atoms with Crippen LogP contribution in [0, 0.1) is 17.3 Å². The highest BCUT2D eigenvalue weighted by Crippen LogP contribution is 2.44. The molecule has 1 spiro atoms. The molecule has 1 saturated heterocycles. The van der Waals surface area contributed by atoms with Crippen molar-refractivity contribution in [3.8, 4) is 0 Å². The van der Waals surface area contributed by atoms with Crippen LogP contribution >= 0.6 is 0 Å². The Morgan fingerprint density at radius 3 is 2.33 bits per heavy atom. The summed E-state index contributed by atoms with van der Waals surface area (Å²) in [6, 6.07) is 0. The zero-order valence-corrected chi connectivity index (χ0v) is 14.7. The fourth-order valence-electron chi connectivity index (χ4n) is 3.81. The van der Waals surface area contributed by atoms with Gasteiger partial charge in [-0.3, -0.25) is 0 Å². The number of rotatable bonds is 6. The van der Waals surface area contributed by atoms with Crippen LogP contribution in [0.5, 0.6) is 0 Å². The molecule has 0 amide bonds. The number of nitrogens with one attached hydrogen (secondary N) is 2. The van der Waals surface area contributed by atoms with E-state index in [0.29, 0.717) is 0 Å². The lowest BCUT2D eigenvalue weighted by molar-refractivity contribution is 0.105. The number of piperidine rings is 1. The van der Waals surface area contributed by atoms with Crippen molar-refractivity contribution in [1.29, 1.82) is 0 Å². The molecule has 1 saturated carbocycles. The summed E-state index contributed by atoms with van der Waals surface area (Å²) in [5, 5.41) is 7.21. The highest BCUT2D eigenvalue weighted by atomic mass is 14.9. The van der Waals surface area contributed by atoms with Gasteiger partial charge in [0.15, 0.2) is 0 Å². The topological polar surface area (TPSA) is 50.1 Å². The van der Waals surface area contributed by atoms with E-state index >= 15 is 0 Å². The SMILES string of the molecule is CCC(C)CCNCC1CCC2(CCNCC2)CC1.CN. The van der Waals surface area contributed by atoms with Crippen molar-refractivity contribution in [2.45, 2.75) is 65.2 Å². The molecule has 3 nitrogen and oxygen atoms in total. The maximum absolute atomic E-state index is 4.50. The van der Waals surface area contributed by atoms with Crippen LogP contribution in [0.25, 0.3) is 0 Å². The Balaban J connectivity index is 0.00000106. The first kappa shape index (κ1) is 18.9. The van der Waals surface area contributed by atoms with E-state index in [2.05, 4.69) is 30.2 Å². The summed E-state index contributed by atoms with van der Waals surface area (Å²) >= 11 is 0. The van der Waals surface area contributed by atoms with Gasteiger partial charge >= 0.3 is 0 Å². The minimum absolute atomic E-state index is 0.735. The lowest BCUT2D eigenvalue weighted by atomic mass is 9.66. The number of hydrogen-bond donors (Lipinski definition) is 3. The van der Waals surface area contributed by atoms with E-state index in [1.165, 1.54) is 84.6 Å². The van der Waals surface area contributed by atoms with Gasteiger partial charge in [-0.2, -0.15) is 0 Å². The Bertz CT molecular complexity index is 239. The summed E-state index contributed by atoms with van der Waals surface area (Å²) in [5.74, 6) is 1.84. The van der Waals surface area contributed by atoms with Gasteiger partial charge in [0.1, 0.15) is 0 Å². The van der Waals surface area contributed by atoms with Crippen LogP contribution in [0.2, 0.25) is 0 Å². The molecule has 1 atom stereocenters. The molecule has 0 radical (unpaired) electrons. The van der Waals surface area contributed by atoms with Gasteiger partial charge in [-0.05, 0) is 95.4 Å². The number of hydrogen-bond acceptors (Lipinski definition) is 3. The largest absolute Gasteiger partial charge is 0.333 e. The standard InChI is InChI=1S/C17H34N2.CH5N/c1-3-15(2)6-11-19-14-16-4-7-17(8-5-16)9-12-18-13-10-17;1-2/h15-16,18-19H,3-14H2,1-2H3;2H2,1H3. The van der Waals surface area contributed by atoms with Gasteiger partial charge < -0.3 is 16.4 Å². The van der Waals surface area contributed by atoms with Crippen LogP contribution in [0.15, 0.2) is 0 Å². The molecule has 21 heavy (non-hydrogen) atoms. The zero-order chi connectivity index (χ0) is 15.6. The minimum Gasteiger partial charge on any atom is -0.333 e. The minimum atomic E-state index is 0.735. The van der Waals surface area contributed by atoms with E-state index < -0.39 is 0 Å². The first-order chi connectivity index (χ1) is 10.2. The fourth-order valence-corrected chi connectivity index (χ4v) is 3.81. The van der Waals surface area contributed by atoms with E-state index in [4.69, 9.17) is 0 Å². The maximum Gasteiger partial charge on any atom is -0.00205 e. The van der Waals surface area contributed by atoms with Crippen LogP contribution in [-0.4, -0.2) is 33.2 Å². The Morgan fingerprint density at radius 1 is 1.14 bits per heavy atom. The average molecular weight is 298 g/mol. The van der Waals surface area contributed by atoms with E-state index in [0.717, 1.165) is 17.3 Å². The van der Waals surface area contributed by atoms with Crippen molar-refractivity contribution in [1.82, 2.24) is 10.6 Å². The van der Waals surface area contributed by atoms with E-state index in [9.17, 15) is 0 Å². The molecular formula is C18H39N3. The molecule has 1 heterocycles. The smallest absolute Gasteiger partial charge is 0.00205 e. The third-order valence-electron chi connectivity index (χ3n) is 5.77. The molecule has 4 N–H and O–H groups in total. The van der Waals surface area contributed by atoms with Crippen molar-refractivity contribution in [2.75, 3.05) is 33.2 Å². The van der Waals surface area contributed by atoms with Crippen LogP contribution in [0.4, 0.5) is 0 Å². The second kappa shape index (κ2) is 10.6. The second-order valence-electron chi connectivity index (χ2n) is 7.20. The molecule has 2 fully saturated rings. The van der Waals surface area contributed by atoms with Crippen molar-refractivity contribution in [3.05, 3.63) is 0 Å². The van der Waals surface area contributed by atoms with Gasteiger partial charge in [-0.15, -0.1) is 0 Å². The molecule has 1 unspecified atom stereocenters. The second-order valence-corrected chi connectivity index (χ2v) is 7.20. The third-order valence-corrected chi connectivity index (χ3v) is 5.77. The monoisotopic (exact) mass is 297 g/mol. The molecule has 2 aliphatic rings. The highest BCUT2D eigenvalue weighted by molar-refractivity contribution is 4.89. The van der Waals surface area contributed by atoms with Gasteiger partial charge in [-0.25, -0.2) is 0 Å². The quantitative estimate of drug-likeness (QED) is 0.660. The highest BCUT2D eigenvalue weighted by Gasteiger charge is 2.35. The van der Waals surface area contributed by atoms with Crippen LogP contribution in [-0.2, 0) is 0 Å². The number of nitrogens with two attached hydrogens (primary N) is 1. The fraction of sp³-hybridized carbons (Fsp3) is 1.00. The van der Waals surface area contributed by atoms with Crippen LogP contribution < -0.4 is 16.4 Å². The summed E-state index contributed by atoms with van der Waals surface area (Å²) in [5.41, 5.74) is 5.23. The molecule has 0 aromatic rings. The summed E-state index contributed by atoms with van der Waals surface area (Å²) in [6.07, 6.45) is 11.5.